The van der Waals surface area contributed by atoms with Crippen molar-refractivity contribution in [3.63, 3.8) is 0 Å². The van der Waals surface area contributed by atoms with Crippen LogP contribution >= 0.6 is 11.3 Å². The van der Waals surface area contributed by atoms with Gasteiger partial charge in [-0.15, -0.1) is 11.3 Å². The first-order valence-corrected chi connectivity index (χ1v) is 10.4. The fourth-order valence-electron chi connectivity index (χ4n) is 3.91. The summed E-state index contributed by atoms with van der Waals surface area (Å²) in [6.45, 7) is 7.00. The SMILES string of the molecule is c1csc(-c2noc(CN3CCN(Cc4cccc5c4NCC5)CC3)n2)c1. The Morgan fingerprint density at radius 2 is 1.89 bits per heavy atom. The average molecular weight is 382 g/mol. The molecule has 7 heteroatoms. The molecule has 0 spiro atoms. The molecule has 0 bridgehead atoms. The van der Waals surface area contributed by atoms with Crippen LogP contribution in [-0.2, 0) is 19.5 Å². The predicted octanol–water partition coefficient (Wildman–Crippen LogP) is 3.08. The number of benzene rings is 1. The molecule has 0 amide bonds. The van der Waals surface area contributed by atoms with E-state index in [1.807, 2.05) is 17.5 Å². The van der Waals surface area contributed by atoms with Crippen molar-refractivity contribution >= 4 is 17.0 Å². The summed E-state index contributed by atoms with van der Waals surface area (Å²) >= 11 is 1.63. The van der Waals surface area contributed by atoms with E-state index < -0.39 is 0 Å². The van der Waals surface area contributed by atoms with Gasteiger partial charge in [0.2, 0.25) is 11.7 Å². The number of anilines is 1. The molecule has 0 saturated carbocycles. The molecule has 0 atom stereocenters. The number of rotatable bonds is 5. The maximum absolute atomic E-state index is 5.45. The molecule has 1 fully saturated rings. The summed E-state index contributed by atoms with van der Waals surface area (Å²) in [7, 11) is 0. The van der Waals surface area contributed by atoms with Crippen LogP contribution in [0.5, 0.6) is 0 Å². The lowest BCUT2D eigenvalue weighted by Crippen LogP contribution is -2.45. The maximum atomic E-state index is 5.45. The maximum Gasteiger partial charge on any atom is 0.241 e. The molecule has 140 valence electrons. The van der Waals surface area contributed by atoms with Crippen molar-refractivity contribution in [2.75, 3.05) is 38.0 Å². The summed E-state index contributed by atoms with van der Waals surface area (Å²) in [5.41, 5.74) is 4.26. The highest BCUT2D eigenvalue weighted by Gasteiger charge is 2.21. The number of hydrogen-bond donors (Lipinski definition) is 1. The monoisotopic (exact) mass is 381 g/mol. The van der Waals surface area contributed by atoms with Gasteiger partial charge in [-0.05, 0) is 29.0 Å². The van der Waals surface area contributed by atoms with Crippen LogP contribution in [-0.4, -0.2) is 52.7 Å². The zero-order valence-electron chi connectivity index (χ0n) is 15.2. The standard InChI is InChI=1S/C20H23N5OS/c1-3-15-6-7-21-19(15)16(4-1)13-24-8-10-25(11-9-24)14-18-22-20(23-26-18)17-5-2-12-27-17/h1-5,12,21H,6-11,13-14H2. The van der Waals surface area contributed by atoms with Crippen molar-refractivity contribution < 1.29 is 4.52 Å². The van der Waals surface area contributed by atoms with E-state index in [0.29, 0.717) is 11.7 Å². The predicted molar refractivity (Wildman–Crippen MR) is 107 cm³/mol. The number of thiophene rings is 1. The van der Waals surface area contributed by atoms with Gasteiger partial charge in [0, 0.05) is 45.0 Å². The van der Waals surface area contributed by atoms with E-state index in [0.717, 1.165) is 57.1 Å². The van der Waals surface area contributed by atoms with Crippen LogP contribution in [0.2, 0.25) is 0 Å². The summed E-state index contributed by atoms with van der Waals surface area (Å²) in [5.74, 6) is 1.40. The quantitative estimate of drug-likeness (QED) is 0.733. The van der Waals surface area contributed by atoms with E-state index >= 15 is 0 Å². The fraction of sp³-hybridized carbons (Fsp3) is 0.400. The number of aromatic nitrogens is 2. The summed E-state index contributed by atoms with van der Waals surface area (Å²) in [6, 6.07) is 10.7. The first kappa shape index (κ1) is 16.9. The molecular formula is C20H23N5OS. The zero-order valence-corrected chi connectivity index (χ0v) is 16.0. The van der Waals surface area contributed by atoms with Crippen LogP contribution in [0, 0.1) is 0 Å². The van der Waals surface area contributed by atoms with Gasteiger partial charge in [-0.2, -0.15) is 4.98 Å². The van der Waals surface area contributed by atoms with Gasteiger partial charge in [0.25, 0.3) is 0 Å². The van der Waals surface area contributed by atoms with E-state index in [1.54, 1.807) is 11.3 Å². The molecule has 1 saturated heterocycles. The van der Waals surface area contributed by atoms with E-state index in [4.69, 9.17) is 4.52 Å². The number of nitrogens with one attached hydrogen (secondary N) is 1. The molecule has 6 nitrogen and oxygen atoms in total. The smallest absolute Gasteiger partial charge is 0.241 e. The van der Waals surface area contributed by atoms with Gasteiger partial charge in [-0.1, -0.05) is 29.4 Å². The minimum atomic E-state index is 0.698. The van der Waals surface area contributed by atoms with E-state index in [-0.39, 0.29) is 0 Å². The Morgan fingerprint density at radius 1 is 1.04 bits per heavy atom. The summed E-state index contributed by atoms with van der Waals surface area (Å²) in [4.78, 5) is 10.5. The lowest BCUT2D eigenvalue weighted by Gasteiger charge is -2.34. The molecule has 3 aromatic rings. The number of hydrogen-bond acceptors (Lipinski definition) is 7. The van der Waals surface area contributed by atoms with E-state index in [2.05, 4.69) is 43.5 Å². The van der Waals surface area contributed by atoms with E-state index in [9.17, 15) is 0 Å². The van der Waals surface area contributed by atoms with Crippen LogP contribution in [0.3, 0.4) is 0 Å². The summed E-state index contributed by atoms with van der Waals surface area (Å²) in [5, 5.41) is 9.69. The van der Waals surface area contributed by atoms with Crippen LogP contribution in [0.4, 0.5) is 5.69 Å². The van der Waals surface area contributed by atoms with Crippen molar-refractivity contribution in [1.82, 2.24) is 19.9 Å². The average Bonchev–Trinajstić information content (AvgIpc) is 3.45. The fourth-order valence-corrected chi connectivity index (χ4v) is 4.55. The molecule has 27 heavy (non-hydrogen) atoms. The number of para-hydroxylation sites is 1. The Kier molecular flexibility index (Phi) is 4.65. The molecule has 0 unspecified atom stereocenters. The minimum absolute atomic E-state index is 0.698. The zero-order chi connectivity index (χ0) is 18.1. The number of fused-ring (bicyclic) bond motifs is 1. The number of piperazine rings is 1. The van der Waals surface area contributed by atoms with Crippen molar-refractivity contribution in [3.8, 4) is 10.7 Å². The molecule has 2 aliphatic rings. The molecule has 1 aromatic carbocycles. The second-order valence-electron chi connectivity index (χ2n) is 7.17. The Hall–Kier alpha value is -2.22. The van der Waals surface area contributed by atoms with Crippen LogP contribution in [0.25, 0.3) is 10.7 Å². The van der Waals surface area contributed by atoms with Gasteiger partial charge in [-0.3, -0.25) is 9.80 Å². The molecule has 2 aromatic heterocycles. The van der Waals surface area contributed by atoms with Gasteiger partial charge in [-0.25, -0.2) is 0 Å². The highest BCUT2D eigenvalue weighted by molar-refractivity contribution is 7.13. The lowest BCUT2D eigenvalue weighted by atomic mass is 10.1. The highest BCUT2D eigenvalue weighted by atomic mass is 32.1. The molecule has 5 rings (SSSR count). The lowest BCUT2D eigenvalue weighted by molar-refractivity contribution is 0.112. The van der Waals surface area contributed by atoms with Gasteiger partial charge >= 0.3 is 0 Å². The van der Waals surface area contributed by atoms with Crippen molar-refractivity contribution in [1.29, 1.82) is 0 Å². The summed E-state index contributed by atoms with van der Waals surface area (Å²) < 4.78 is 5.45. The van der Waals surface area contributed by atoms with Gasteiger partial charge < -0.3 is 9.84 Å². The second kappa shape index (κ2) is 7.42. The minimum Gasteiger partial charge on any atom is -0.384 e. The topological polar surface area (TPSA) is 57.4 Å². The van der Waals surface area contributed by atoms with Crippen LogP contribution in [0.1, 0.15) is 17.0 Å². The third-order valence-electron chi connectivity index (χ3n) is 5.36. The molecule has 2 aliphatic heterocycles. The molecule has 0 radical (unpaired) electrons. The first-order valence-electron chi connectivity index (χ1n) is 9.51. The third-order valence-corrected chi connectivity index (χ3v) is 6.23. The summed E-state index contributed by atoms with van der Waals surface area (Å²) in [6.07, 6.45) is 1.15. The van der Waals surface area contributed by atoms with Crippen molar-refractivity contribution in [2.45, 2.75) is 19.5 Å². The van der Waals surface area contributed by atoms with Gasteiger partial charge in [0.15, 0.2) is 0 Å². The Bertz CT molecular complexity index is 899. The van der Waals surface area contributed by atoms with Crippen molar-refractivity contribution in [2.24, 2.45) is 0 Å². The van der Waals surface area contributed by atoms with Gasteiger partial charge in [0.05, 0.1) is 11.4 Å². The molecule has 0 aliphatic carbocycles. The Labute approximate surface area is 162 Å². The second-order valence-corrected chi connectivity index (χ2v) is 8.12. The van der Waals surface area contributed by atoms with E-state index in [1.165, 1.54) is 16.8 Å². The third kappa shape index (κ3) is 3.63. The molecule has 1 N–H and O–H groups in total. The number of nitrogens with zero attached hydrogens (tertiary/aromatic N) is 4. The molecular weight excluding hydrogens is 358 g/mol. The Morgan fingerprint density at radius 3 is 2.70 bits per heavy atom. The normalized spacial score (nSPS) is 17.8. The highest BCUT2D eigenvalue weighted by Crippen LogP contribution is 2.27. The molecule has 4 heterocycles. The first-order chi connectivity index (χ1) is 13.3. The van der Waals surface area contributed by atoms with Crippen molar-refractivity contribution in [3.05, 3.63) is 52.7 Å². The largest absolute Gasteiger partial charge is 0.384 e. The van der Waals surface area contributed by atoms with Crippen LogP contribution < -0.4 is 5.32 Å². The van der Waals surface area contributed by atoms with Crippen LogP contribution in [0.15, 0.2) is 40.2 Å². The van der Waals surface area contributed by atoms with Gasteiger partial charge in [0.1, 0.15) is 0 Å². The Balaban J connectivity index is 1.16.